The largest absolute Gasteiger partial charge is 0.444 e. The zero-order chi connectivity index (χ0) is 19.1. The van der Waals surface area contributed by atoms with E-state index >= 15 is 0 Å². The number of amides is 1. The molecule has 0 bridgehead atoms. The van der Waals surface area contributed by atoms with Gasteiger partial charge in [0, 0.05) is 33.0 Å². The average Bonchev–Trinajstić information content (AvgIpc) is 2.84. The summed E-state index contributed by atoms with van der Waals surface area (Å²) in [6.07, 6.45) is -0.923. The molecule has 1 fully saturated rings. The summed E-state index contributed by atoms with van der Waals surface area (Å²) in [7, 11) is 1.84. The Bertz CT molecular complexity index is 816. The summed E-state index contributed by atoms with van der Waals surface area (Å²) < 4.78 is 34.0. The number of nitrogens with one attached hydrogen (secondary N) is 1. The molecule has 3 rings (SSSR count). The van der Waals surface area contributed by atoms with Crippen molar-refractivity contribution < 1.29 is 18.3 Å². The molecule has 1 aromatic carbocycles. The van der Waals surface area contributed by atoms with E-state index in [0.29, 0.717) is 17.2 Å². The SMILES string of the molecule is Cn1c(N2CCC(F)(F)CC2)nc2c(NC(=O)OC(C)(C)C)cccc21. The number of nitrogens with zero attached hydrogens (tertiary/aromatic N) is 3. The van der Waals surface area contributed by atoms with E-state index in [1.165, 1.54) is 0 Å². The monoisotopic (exact) mass is 366 g/mol. The molecule has 0 spiro atoms. The molecule has 8 heteroatoms. The number of benzene rings is 1. The first-order chi connectivity index (χ1) is 12.1. The number of fused-ring (bicyclic) bond motifs is 1. The summed E-state index contributed by atoms with van der Waals surface area (Å²) in [5.41, 5.74) is 1.34. The lowest BCUT2D eigenvalue weighted by Crippen LogP contribution is -2.40. The van der Waals surface area contributed by atoms with Gasteiger partial charge in [0.2, 0.25) is 5.95 Å². The molecule has 0 radical (unpaired) electrons. The number of aromatic nitrogens is 2. The van der Waals surface area contributed by atoms with Gasteiger partial charge in [-0.05, 0) is 32.9 Å². The minimum absolute atomic E-state index is 0.181. The number of anilines is 2. The Hall–Kier alpha value is -2.38. The van der Waals surface area contributed by atoms with Crippen molar-refractivity contribution in [2.24, 2.45) is 7.05 Å². The summed E-state index contributed by atoms with van der Waals surface area (Å²) in [5, 5.41) is 2.72. The van der Waals surface area contributed by atoms with Crippen molar-refractivity contribution in [3.8, 4) is 0 Å². The molecular formula is C18H24F2N4O2. The predicted octanol–water partition coefficient (Wildman–Crippen LogP) is 4.16. The third-order valence-electron chi connectivity index (χ3n) is 4.30. The normalized spacial score (nSPS) is 17.4. The highest BCUT2D eigenvalue weighted by molar-refractivity contribution is 5.98. The minimum atomic E-state index is -2.61. The fourth-order valence-electron chi connectivity index (χ4n) is 3.03. The fraction of sp³-hybridized carbons (Fsp3) is 0.556. The zero-order valence-corrected chi connectivity index (χ0v) is 15.5. The van der Waals surface area contributed by atoms with Crippen LogP contribution in [0.4, 0.5) is 25.2 Å². The number of alkyl halides is 2. The van der Waals surface area contributed by atoms with Gasteiger partial charge in [0.1, 0.15) is 11.1 Å². The third-order valence-corrected chi connectivity index (χ3v) is 4.30. The van der Waals surface area contributed by atoms with Gasteiger partial charge in [0.05, 0.1) is 11.2 Å². The van der Waals surface area contributed by atoms with E-state index in [9.17, 15) is 13.6 Å². The van der Waals surface area contributed by atoms with Crippen LogP contribution in [0.2, 0.25) is 0 Å². The van der Waals surface area contributed by atoms with Gasteiger partial charge < -0.3 is 14.2 Å². The van der Waals surface area contributed by atoms with E-state index in [4.69, 9.17) is 4.74 Å². The maximum atomic E-state index is 13.4. The Morgan fingerprint density at radius 3 is 2.54 bits per heavy atom. The van der Waals surface area contributed by atoms with Crippen LogP contribution in [-0.2, 0) is 11.8 Å². The van der Waals surface area contributed by atoms with Crippen LogP contribution < -0.4 is 10.2 Å². The summed E-state index contributed by atoms with van der Waals surface area (Å²) in [6, 6.07) is 5.43. The first-order valence-electron chi connectivity index (χ1n) is 8.64. The topological polar surface area (TPSA) is 59.4 Å². The maximum Gasteiger partial charge on any atom is 0.412 e. The number of halogens is 2. The van der Waals surface area contributed by atoms with Crippen molar-refractivity contribution >= 4 is 28.8 Å². The van der Waals surface area contributed by atoms with Crippen LogP contribution in [0.1, 0.15) is 33.6 Å². The van der Waals surface area contributed by atoms with Crippen molar-refractivity contribution in [2.75, 3.05) is 23.3 Å². The molecule has 26 heavy (non-hydrogen) atoms. The number of aryl methyl sites for hydroxylation is 1. The molecule has 2 aromatic rings. The van der Waals surface area contributed by atoms with Crippen LogP contribution in [0.25, 0.3) is 11.0 Å². The lowest BCUT2D eigenvalue weighted by atomic mass is 10.1. The number of rotatable bonds is 2. The highest BCUT2D eigenvalue weighted by Crippen LogP contribution is 2.33. The van der Waals surface area contributed by atoms with Crippen LogP contribution in [0.15, 0.2) is 18.2 Å². The molecule has 142 valence electrons. The second-order valence-electron chi connectivity index (χ2n) is 7.61. The van der Waals surface area contributed by atoms with E-state index in [-0.39, 0.29) is 25.9 Å². The molecule has 0 unspecified atom stereocenters. The highest BCUT2D eigenvalue weighted by Gasteiger charge is 2.35. The summed E-state index contributed by atoms with van der Waals surface area (Å²) in [6.45, 7) is 5.87. The van der Waals surface area contributed by atoms with Crippen LogP contribution in [-0.4, -0.2) is 40.3 Å². The average molecular weight is 366 g/mol. The van der Waals surface area contributed by atoms with E-state index in [0.717, 1.165) is 5.52 Å². The molecule has 1 aliphatic rings. The molecule has 1 aromatic heterocycles. The molecule has 1 saturated heterocycles. The van der Waals surface area contributed by atoms with Gasteiger partial charge in [-0.3, -0.25) is 5.32 Å². The maximum absolute atomic E-state index is 13.4. The number of para-hydroxylation sites is 1. The van der Waals surface area contributed by atoms with Crippen molar-refractivity contribution in [3.63, 3.8) is 0 Å². The van der Waals surface area contributed by atoms with E-state index in [2.05, 4.69) is 10.3 Å². The molecule has 1 aliphatic heterocycles. The standard InChI is InChI=1S/C18H24F2N4O2/c1-17(2,3)26-16(25)21-12-6-5-7-13-14(12)22-15(23(13)4)24-10-8-18(19,20)9-11-24/h5-7H,8-11H2,1-4H3,(H,21,25). The van der Waals surface area contributed by atoms with Crippen molar-refractivity contribution in [1.82, 2.24) is 9.55 Å². The molecule has 0 aliphatic carbocycles. The highest BCUT2D eigenvalue weighted by atomic mass is 19.3. The lowest BCUT2D eigenvalue weighted by molar-refractivity contribution is -0.0223. The molecule has 1 amide bonds. The summed E-state index contributed by atoms with van der Waals surface area (Å²) >= 11 is 0. The Labute approximate surface area is 151 Å². The van der Waals surface area contributed by atoms with Crippen LogP contribution in [0.5, 0.6) is 0 Å². The minimum Gasteiger partial charge on any atom is -0.444 e. The van der Waals surface area contributed by atoms with E-state index < -0.39 is 17.6 Å². The molecule has 0 atom stereocenters. The Morgan fingerprint density at radius 2 is 1.92 bits per heavy atom. The first kappa shape index (κ1) is 18.4. The molecular weight excluding hydrogens is 342 g/mol. The van der Waals surface area contributed by atoms with Gasteiger partial charge in [0.15, 0.2) is 0 Å². The van der Waals surface area contributed by atoms with Crippen molar-refractivity contribution in [3.05, 3.63) is 18.2 Å². The van der Waals surface area contributed by atoms with E-state index in [1.807, 2.05) is 28.6 Å². The number of hydrogen-bond donors (Lipinski definition) is 1. The number of ether oxygens (including phenoxy) is 1. The van der Waals surface area contributed by atoms with Crippen LogP contribution in [0.3, 0.4) is 0 Å². The number of piperidine rings is 1. The number of hydrogen-bond acceptors (Lipinski definition) is 4. The van der Waals surface area contributed by atoms with Crippen molar-refractivity contribution in [1.29, 1.82) is 0 Å². The smallest absolute Gasteiger partial charge is 0.412 e. The summed E-state index contributed by atoms with van der Waals surface area (Å²) in [5.74, 6) is -1.99. The van der Waals surface area contributed by atoms with Crippen LogP contribution in [0, 0.1) is 0 Å². The molecule has 1 N–H and O–H groups in total. The summed E-state index contributed by atoms with van der Waals surface area (Å²) in [4.78, 5) is 18.5. The molecule has 0 saturated carbocycles. The van der Waals surface area contributed by atoms with Gasteiger partial charge in [-0.2, -0.15) is 0 Å². The quantitative estimate of drug-likeness (QED) is 0.867. The van der Waals surface area contributed by atoms with Crippen LogP contribution >= 0.6 is 0 Å². The van der Waals surface area contributed by atoms with Gasteiger partial charge >= 0.3 is 6.09 Å². The Balaban J connectivity index is 1.88. The first-order valence-corrected chi connectivity index (χ1v) is 8.64. The van der Waals surface area contributed by atoms with Gasteiger partial charge in [-0.15, -0.1) is 0 Å². The van der Waals surface area contributed by atoms with Gasteiger partial charge in [-0.25, -0.2) is 18.6 Å². The van der Waals surface area contributed by atoms with Gasteiger partial charge in [0.25, 0.3) is 5.92 Å². The predicted molar refractivity (Wildman–Crippen MR) is 97.0 cm³/mol. The Kier molecular flexibility index (Phi) is 4.54. The van der Waals surface area contributed by atoms with Gasteiger partial charge in [-0.1, -0.05) is 6.07 Å². The van der Waals surface area contributed by atoms with E-state index in [1.54, 1.807) is 26.8 Å². The molecule has 2 heterocycles. The Morgan fingerprint density at radius 1 is 1.27 bits per heavy atom. The lowest BCUT2D eigenvalue weighted by Gasteiger charge is -2.32. The van der Waals surface area contributed by atoms with Crippen molar-refractivity contribution in [2.45, 2.75) is 45.1 Å². The second-order valence-corrected chi connectivity index (χ2v) is 7.61. The fourth-order valence-corrected chi connectivity index (χ4v) is 3.03. The number of imidazole rings is 1. The number of carbonyl (C=O) groups excluding carboxylic acids is 1. The third kappa shape index (κ3) is 3.89. The molecule has 6 nitrogen and oxygen atoms in total. The number of carbonyl (C=O) groups is 1. The zero-order valence-electron chi connectivity index (χ0n) is 15.5. The second kappa shape index (κ2) is 6.41.